The molecule has 0 heterocycles. The number of amides is 2. The van der Waals surface area contributed by atoms with E-state index in [9.17, 15) is 14.4 Å². The Balaban J connectivity index is 1.92. The lowest BCUT2D eigenvalue weighted by molar-refractivity contribution is -0.137. The molecule has 0 fully saturated rings. The number of ether oxygens (including phenoxy) is 1. The predicted molar refractivity (Wildman–Crippen MR) is 101 cm³/mol. The lowest BCUT2D eigenvalue weighted by Crippen LogP contribution is -2.30. The Morgan fingerprint density at radius 2 is 1.70 bits per heavy atom. The Morgan fingerprint density at radius 3 is 2.33 bits per heavy atom. The van der Waals surface area contributed by atoms with E-state index in [4.69, 9.17) is 9.84 Å². The van der Waals surface area contributed by atoms with Crippen LogP contribution in [0.3, 0.4) is 0 Å². The van der Waals surface area contributed by atoms with Crippen LogP contribution in [0, 0.1) is 6.92 Å². The van der Waals surface area contributed by atoms with Gasteiger partial charge in [0, 0.05) is 11.3 Å². The Hall–Kier alpha value is -3.35. The lowest BCUT2D eigenvalue weighted by Gasteiger charge is -2.10. The summed E-state index contributed by atoms with van der Waals surface area (Å²) in [4.78, 5) is 34.3. The molecule has 2 aromatic rings. The van der Waals surface area contributed by atoms with Crippen molar-refractivity contribution in [2.24, 2.45) is 0 Å². The van der Waals surface area contributed by atoms with Crippen LogP contribution in [-0.4, -0.2) is 36.5 Å². The van der Waals surface area contributed by atoms with E-state index in [0.29, 0.717) is 11.4 Å². The average Bonchev–Trinajstić information content (AvgIpc) is 2.62. The number of hydrogen-bond donors (Lipinski definition) is 3. The van der Waals surface area contributed by atoms with Gasteiger partial charge in [0.05, 0.1) is 20.0 Å². The number of nitrogens with one attached hydrogen (secondary N) is 2. The SMILES string of the molecule is COc1ccc(C)cc1CC(=O)Nc1ccc(CC(=O)NCC(=O)O)cc1. The third kappa shape index (κ3) is 6.47. The molecule has 142 valence electrons. The number of methoxy groups -OCH3 is 1. The van der Waals surface area contributed by atoms with Gasteiger partial charge in [-0.3, -0.25) is 14.4 Å². The molecule has 0 aromatic heterocycles. The molecular formula is C20H22N2O5. The second-order valence-electron chi connectivity index (χ2n) is 6.08. The molecule has 0 aliphatic heterocycles. The molecule has 0 unspecified atom stereocenters. The van der Waals surface area contributed by atoms with Crippen molar-refractivity contribution in [2.45, 2.75) is 19.8 Å². The first-order valence-corrected chi connectivity index (χ1v) is 8.38. The van der Waals surface area contributed by atoms with Gasteiger partial charge in [-0.15, -0.1) is 0 Å². The number of hydrogen-bond acceptors (Lipinski definition) is 4. The molecule has 0 saturated carbocycles. The summed E-state index contributed by atoms with van der Waals surface area (Å²) in [6.07, 6.45) is 0.256. The smallest absolute Gasteiger partial charge is 0.322 e. The van der Waals surface area contributed by atoms with Gasteiger partial charge in [0.1, 0.15) is 12.3 Å². The maximum Gasteiger partial charge on any atom is 0.322 e. The van der Waals surface area contributed by atoms with Crippen LogP contribution < -0.4 is 15.4 Å². The second kappa shape index (κ2) is 9.38. The van der Waals surface area contributed by atoms with Crippen molar-refractivity contribution < 1.29 is 24.2 Å². The van der Waals surface area contributed by atoms with Gasteiger partial charge in [-0.2, -0.15) is 0 Å². The Kier molecular flexibility index (Phi) is 6.93. The van der Waals surface area contributed by atoms with E-state index in [2.05, 4.69) is 10.6 Å². The molecule has 2 rings (SSSR count). The van der Waals surface area contributed by atoms with Gasteiger partial charge >= 0.3 is 5.97 Å². The minimum atomic E-state index is -1.09. The zero-order valence-corrected chi connectivity index (χ0v) is 15.2. The van der Waals surface area contributed by atoms with Crippen LogP contribution in [0.2, 0.25) is 0 Å². The molecule has 27 heavy (non-hydrogen) atoms. The number of benzene rings is 2. The fourth-order valence-electron chi connectivity index (χ4n) is 2.55. The predicted octanol–water partition coefficient (Wildman–Crippen LogP) is 1.93. The molecule has 0 radical (unpaired) electrons. The molecule has 3 N–H and O–H groups in total. The number of rotatable bonds is 8. The van der Waals surface area contributed by atoms with Gasteiger partial charge in [0.25, 0.3) is 0 Å². The third-order valence-corrected chi connectivity index (χ3v) is 3.83. The molecule has 0 spiro atoms. The van der Waals surface area contributed by atoms with E-state index >= 15 is 0 Å². The highest BCUT2D eigenvalue weighted by Gasteiger charge is 2.10. The standard InChI is InChI=1S/C20H22N2O5/c1-13-3-8-17(27-2)15(9-13)11-19(24)22-16-6-4-14(5-7-16)10-18(23)21-12-20(25)26/h3-9H,10-12H2,1-2H3,(H,21,23)(H,22,24)(H,25,26). The van der Waals surface area contributed by atoms with Crippen molar-refractivity contribution in [1.82, 2.24) is 5.32 Å². The summed E-state index contributed by atoms with van der Waals surface area (Å²) in [6.45, 7) is 1.54. The molecule has 7 heteroatoms. The summed E-state index contributed by atoms with van der Waals surface area (Å²) >= 11 is 0. The Labute approximate surface area is 157 Å². The van der Waals surface area contributed by atoms with Crippen molar-refractivity contribution >= 4 is 23.5 Å². The van der Waals surface area contributed by atoms with Gasteiger partial charge in [0.2, 0.25) is 11.8 Å². The monoisotopic (exact) mass is 370 g/mol. The maximum absolute atomic E-state index is 12.3. The van der Waals surface area contributed by atoms with Gasteiger partial charge in [-0.1, -0.05) is 29.8 Å². The number of carbonyl (C=O) groups excluding carboxylic acids is 2. The highest BCUT2D eigenvalue weighted by molar-refractivity contribution is 5.92. The van der Waals surface area contributed by atoms with Crippen molar-refractivity contribution in [3.8, 4) is 5.75 Å². The van der Waals surface area contributed by atoms with Crippen LogP contribution in [0.25, 0.3) is 0 Å². The zero-order valence-electron chi connectivity index (χ0n) is 15.2. The number of aryl methyl sites for hydroxylation is 1. The van der Waals surface area contributed by atoms with E-state index < -0.39 is 12.5 Å². The molecular weight excluding hydrogens is 348 g/mol. The maximum atomic E-state index is 12.3. The molecule has 7 nitrogen and oxygen atoms in total. The summed E-state index contributed by atoms with van der Waals surface area (Å²) in [6, 6.07) is 12.5. The zero-order chi connectivity index (χ0) is 19.8. The van der Waals surface area contributed by atoms with Crippen LogP contribution in [-0.2, 0) is 27.2 Å². The summed E-state index contributed by atoms with van der Waals surface area (Å²) in [7, 11) is 1.57. The van der Waals surface area contributed by atoms with Gasteiger partial charge < -0.3 is 20.5 Å². The highest BCUT2D eigenvalue weighted by Crippen LogP contribution is 2.21. The number of carboxylic acids is 1. The van der Waals surface area contributed by atoms with Gasteiger partial charge in [-0.05, 0) is 30.7 Å². The largest absolute Gasteiger partial charge is 0.496 e. The summed E-state index contributed by atoms with van der Waals surface area (Å²) < 4.78 is 5.28. The third-order valence-electron chi connectivity index (χ3n) is 3.83. The van der Waals surface area contributed by atoms with Crippen molar-refractivity contribution in [2.75, 3.05) is 19.0 Å². The van der Waals surface area contributed by atoms with E-state index in [0.717, 1.165) is 16.7 Å². The number of carboxylic acid groups (broad SMARTS) is 1. The molecule has 0 atom stereocenters. The van der Waals surface area contributed by atoms with Crippen LogP contribution in [0.4, 0.5) is 5.69 Å². The van der Waals surface area contributed by atoms with Crippen LogP contribution in [0.15, 0.2) is 42.5 Å². The Bertz CT molecular complexity index is 831. The van der Waals surface area contributed by atoms with E-state index in [1.54, 1.807) is 31.4 Å². The van der Waals surface area contributed by atoms with Crippen molar-refractivity contribution in [1.29, 1.82) is 0 Å². The van der Waals surface area contributed by atoms with Crippen molar-refractivity contribution in [3.63, 3.8) is 0 Å². The second-order valence-corrected chi connectivity index (χ2v) is 6.08. The fourth-order valence-corrected chi connectivity index (χ4v) is 2.55. The molecule has 0 aliphatic carbocycles. The van der Waals surface area contributed by atoms with Gasteiger partial charge in [0.15, 0.2) is 0 Å². The number of anilines is 1. The lowest BCUT2D eigenvalue weighted by atomic mass is 10.1. The molecule has 2 aromatic carbocycles. The first-order valence-electron chi connectivity index (χ1n) is 8.38. The normalized spacial score (nSPS) is 10.1. The highest BCUT2D eigenvalue weighted by atomic mass is 16.5. The molecule has 0 aliphatic rings. The Morgan fingerprint density at radius 1 is 1.00 bits per heavy atom. The van der Waals surface area contributed by atoms with Crippen LogP contribution in [0.1, 0.15) is 16.7 Å². The number of carbonyl (C=O) groups is 3. The topological polar surface area (TPSA) is 105 Å². The molecule has 0 bridgehead atoms. The molecule has 0 saturated heterocycles. The van der Waals surface area contributed by atoms with Crippen LogP contribution >= 0.6 is 0 Å². The fraction of sp³-hybridized carbons (Fsp3) is 0.250. The van der Waals surface area contributed by atoms with Gasteiger partial charge in [-0.25, -0.2) is 0 Å². The molecule has 2 amide bonds. The van der Waals surface area contributed by atoms with E-state index in [-0.39, 0.29) is 24.7 Å². The number of aliphatic carboxylic acids is 1. The quantitative estimate of drug-likeness (QED) is 0.659. The summed E-state index contributed by atoms with van der Waals surface area (Å²) in [5.41, 5.74) is 3.18. The minimum Gasteiger partial charge on any atom is -0.496 e. The first kappa shape index (κ1) is 20.0. The summed E-state index contributed by atoms with van der Waals surface area (Å²) in [5, 5.41) is 13.6. The minimum absolute atomic E-state index is 0.0714. The van der Waals surface area contributed by atoms with Crippen LogP contribution in [0.5, 0.6) is 5.75 Å². The summed E-state index contributed by atoms with van der Waals surface area (Å²) in [5.74, 6) is -0.975. The average molecular weight is 370 g/mol. The van der Waals surface area contributed by atoms with E-state index in [1.807, 2.05) is 25.1 Å². The van der Waals surface area contributed by atoms with Crippen molar-refractivity contribution in [3.05, 3.63) is 59.2 Å². The first-order chi connectivity index (χ1) is 12.9. The van der Waals surface area contributed by atoms with E-state index in [1.165, 1.54) is 0 Å².